The monoisotopic (exact) mass is 252 g/mol. The Bertz CT molecular complexity index is 421. The summed E-state index contributed by atoms with van der Waals surface area (Å²) in [5, 5.41) is 12.3. The Morgan fingerprint density at radius 1 is 1.53 bits per heavy atom. The highest BCUT2D eigenvalue weighted by Crippen LogP contribution is 2.15. The molecule has 0 saturated heterocycles. The van der Waals surface area contributed by atoms with Crippen LogP contribution in [-0.4, -0.2) is 22.0 Å². The molecule has 5 heteroatoms. The molecule has 0 fully saturated rings. The zero-order valence-electron chi connectivity index (χ0n) is 9.64. The van der Waals surface area contributed by atoms with Crippen molar-refractivity contribution in [3.63, 3.8) is 0 Å². The Morgan fingerprint density at radius 2 is 2.18 bits per heavy atom. The van der Waals surface area contributed by atoms with Crippen LogP contribution in [0.2, 0.25) is 0 Å². The number of hydrogen-bond acceptors (Lipinski definition) is 3. The smallest absolute Gasteiger partial charge is 0.225 e. The number of nitrogens with one attached hydrogen (secondary N) is 1. The van der Waals surface area contributed by atoms with E-state index in [4.69, 9.17) is 18.0 Å². The van der Waals surface area contributed by atoms with E-state index in [-0.39, 0.29) is 29.1 Å². The maximum atomic E-state index is 11.7. The van der Waals surface area contributed by atoms with Gasteiger partial charge in [0.15, 0.2) is 0 Å². The fourth-order valence-corrected chi connectivity index (χ4v) is 1.68. The van der Waals surface area contributed by atoms with Crippen molar-refractivity contribution in [3.8, 4) is 5.75 Å². The first-order valence-electron chi connectivity index (χ1n) is 5.40. The minimum Gasteiger partial charge on any atom is -0.508 e. The lowest BCUT2D eigenvalue weighted by Gasteiger charge is -2.15. The van der Waals surface area contributed by atoms with E-state index in [2.05, 4.69) is 5.32 Å². The Kier molecular flexibility index (Phi) is 4.90. The number of amides is 1. The van der Waals surface area contributed by atoms with Crippen LogP contribution in [0.5, 0.6) is 5.75 Å². The van der Waals surface area contributed by atoms with Crippen molar-refractivity contribution in [1.29, 1.82) is 0 Å². The Labute approximate surface area is 106 Å². The molecule has 0 saturated carbocycles. The maximum Gasteiger partial charge on any atom is 0.225 e. The number of thiocarbonyl (C=S) groups is 1. The molecule has 17 heavy (non-hydrogen) atoms. The predicted octanol–water partition coefficient (Wildman–Crippen LogP) is 1.12. The first-order chi connectivity index (χ1) is 8.04. The van der Waals surface area contributed by atoms with Crippen LogP contribution in [0.4, 0.5) is 0 Å². The SMILES string of the molecule is CCC(NC(=O)Cc1ccccc1O)C(N)=S. The summed E-state index contributed by atoms with van der Waals surface area (Å²) in [7, 11) is 0. The van der Waals surface area contributed by atoms with Crippen LogP contribution in [0, 0.1) is 0 Å². The molecule has 0 aliphatic heterocycles. The lowest BCUT2D eigenvalue weighted by molar-refractivity contribution is -0.120. The van der Waals surface area contributed by atoms with Gasteiger partial charge in [-0.25, -0.2) is 0 Å². The fraction of sp³-hybridized carbons (Fsp3) is 0.333. The molecular formula is C12H16N2O2S. The third-order valence-corrected chi connectivity index (χ3v) is 2.71. The molecule has 0 aliphatic rings. The summed E-state index contributed by atoms with van der Waals surface area (Å²) in [5.41, 5.74) is 6.07. The number of rotatable bonds is 5. The van der Waals surface area contributed by atoms with E-state index in [9.17, 15) is 9.90 Å². The van der Waals surface area contributed by atoms with E-state index in [1.165, 1.54) is 0 Å². The van der Waals surface area contributed by atoms with Crippen molar-refractivity contribution in [2.75, 3.05) is 0 Å². The summed E-state index contributed by atoms with van der Waals surface area (Å²) >= 11 is 4.84. The van der Waals surface area contributed by atoms with Gasteiger partial charge in [-0.2, -0.15) is 0 Å². The third kappa shape index (κ3) is 4.03. The molecular weight excluding hydrogens is 236 g/mol. The van der Waals surface area contributed by atoms with Gasteiger partial charge in [0.05, 0.1) is 17.5 Å². The summed E-state index contributed by atoms with van der Waals surface area (Å²) in [6.07, 6.45) is 0.771. The molecule has 0 aromatic heterocycles. The minimum atomic E-state index is -0.289. The molecule has 0 radical (unpaired) electrons. The highest BCUT2D eigenvalue weighted by Gasteiger charge is 2.14. The van der Waals surface area contributed by atoms with Crippen LogP contribution in [0.3, 0.4) is 0 Å². The largest absolute Gasteiger partial charge is 0.508 e. The quantitative estimate of drug-likeness (QED) is 0.686. The number of benzene rings is 1. The molecule has 0 bridgehead atoms. The molecule has 1 unspecified atom stereocenters. The summed E-state index contributed by atoms with van der Waals surface area (Å²) < 4.78 is 0. The van der Waals surface area contributed by atoms with Crippen LogP contribution in [-0.2, 0) is 11.2 Å². The van der Waals surface area contributed by atoms with Crippen LogP contribution in [0.15, 0.2) is 24.3 Å². The summed E-state index contributed by atoms with van der Waals surface area (Å²) in [5.74, 6) is -0.0860. The van der Waals surface area contributed by atoms with E-state index < -0.39 is 0 Å². The van der Waals surface area contributed by atoms with E-state index >= 15 is 0 Å². The van der Waals surface area contributed by atoms with Gasteiger partial charge in [-0.05, 0) is 12.5 Å². The maximum absolute atomic E-state index is 11.7. The zero-order chi connectivity index (χ0) is 12.8. The average molecular weight is 252 g/mol. The van der Waals surface area contributed by atoms with E-state index in [1.807, 2.05) is 6.92 Å². The van der Waals surface area contributed by atoms with Crippen molar-refractivity contribution in [2.24, 2.45) is 5.73 Å². The number of aromatic hydroxyl groups is 1. The van der Waals surface area contributed by atoms with Crippen LogP contribution < -0.4 is 11.1 Å². The van der Waals surface area contributed by atoms with Crippen molar-refractivity contribution in [1.82, 2.24) is 5.32 Å². The zero-order valence-corrected chi connectivity index (χ0v) is 10.5. The number of phenolic OH excluding ortho intramolecular Hbond substituents is 1. The minimum absolute atomic E-state index is 0.117. The summed E-state index contributed by atoms with van der Waals surface area (Å²) in [6.45, 7) is 1.89. The standard InChI is InChI=1S/C12H16N2O2S/c1-2-9(12(13)17)14-11(16)7-8-5-3-4-6-10(8)15/h3-6,9,15H,2,7H2,1H3,(H2,13,17)(H,14,16). The van der Waals surface area contributed by atoms with Gasteiger partial charge in [0, 0.05) is 5.56 Å². The lowest BCUT2D eigenvalue weighted by Crippen LogP contribution is -2.43. The van der Waals surface area contributed by atoms with Crippen molar-refractivity contribution >= 4 is 23.1 Å². The first-order valence-corrected chi connectivity index (χ1v) is 5.81. The van der Waals surface area contributed by atoms with Crippen molar-refractivity contribution in [2.45, 2.75) is 25.8 Å². The first kappa shape index (κ1) is 13.4. The fourth-order valence-electron chi connectivity index (χ4n) is 1.45. The second-order valence-electron chi connectivity index (χ2n) is 3.74. The molecule has 4 nitrogen and oxygen atoms in total. The molecule has 0 spiro atoms. The molecule has 1 atom stereocenters. The Morgan fingerprint density at radius 3 is 2.71 bits per heavy atom. The van der Waals surface area contributed by atoms with Crippen LogP contribution in [0.25, 0.3) is 0 Å². The van der Waals surface area contributed by atoms with Gasteiger partial charge in [0.25, 0.3) is 0 Å². The molecule has 4 N–H and O–H groups in total. The highest BCUT2D eigenvalue weighted by atomic mass is 32.1. The topological polar surface area (TPSA) is 75.3 Å². The second-order valence-corrected chi connectivity index (χ2v) is 4.21. The number of para-hydroxylation sites is 1. The van der Waals surface area contributed by atoms with Gasteiger partial charge in [0.2, 0.25) is 5.91 Å². The van der Waals surface area contributed by atoms with E-state index in [0.717, 1.165) is 0 Å². The lowest BCUT2D eigenvalue weighted by atomic mass is 10.1. The predicted molar refractivity (Wildman–Crippen MR) is 70.8 cm³/mol. The highest BCUT2D eigenvalue weighted by molar-refractivity contribution is 7.80. The Balaban J connectivity index is 2.61. The number of carbonyl (C=O) groups is 1. The van der Waals surface area contributed by atoms with Gasteiger partial charge in [-0.1, -0.05) is 37.3 Å². The molecule has 1 amide bonds. The van der Waals surface area contributed by atoms with Gasteiger partial charge < -0.3 is 16.2 Å². The van der Waals surface area contributed by atoms with Gasteiger partial charge in [0.1, 0.15) is 5.75 Å². The van der Waals surface area contributed by atoms with Crippen LogP contribution >= 0.6 is 12.2 Å². The van der Waals surface area contributed by atoms with Crippen molar-refractivity contribution in [3.05, 3.63) is 29.8 Å². The third-order valence-electron chi connectivity index (χ3n) is 2.43. The number of carbonyl (C=O) groups excluding carboxylic acids is 1. The molecule has 1 rings (SSSR count). The Hall–Kier alpha value is -1.62. The molecule has 1 aromatic carbocycles. The molecule has 0 heterocycles. The van der Waals surface area contributed by atoms with Crippen LogP contribution in [0.1, 0.15) is 18.9 Å². The molecule has 1 aromatic rings. The second kappa shape index (κ2) is 6.20. The van der Waals surface area contributed by atoms with Crippen molar-refractivity contribution < 1.29 is 9.90 Å². The molecule has 92 valence electrons. The number of hydrogen-bond donors (Lipinski definition) is 3. The normalized spacial score (nSPS) is 11.8. The van der Waals surface area contributed by atoms with E-state index in [1.54, 1.807) is 24.3 Å². The summed E-state index contributed by atoms with van der Waals surface area (Å²) in [6, 6.07) is 6.45. The average Bonchev–Trinajstić information content (AvgIpc) is 2.28. The van der Waals surface area contributed by atoms with E-state index in [0.29, 0.717) is 12.0 Å². The van der Waals surface area contributed by atoms with Gasteiger partial charge >= 0.3 is 0 Å². The van der Waals surface area contributed by atoms with Gasteiger partial charge in [-0.15, -0.1) is 0 Å². The van der Waals surface area contributed by atoms with Gasteiger partial charge in [-0.3, -0.25) is 4.79 Å². The molecule has 0 aliphatic carbocycles. The summed E-state index contributed by atoms with van der Waals surface area (Å²) in [4.78, 5) is 12.0. The number of nitrogens with two attached hydrogens (primary N) is 1. The number of phenols is 1.